The Morgan fingerprint density at radius 1 is 1.23 bits per heavy atom. The van der Waals surface area contributed by atoms with Crippen molar-refractivity contribution in [3.63, 3.8) is 0 Å². The molecule has 1 N–H and O–H groups in total. The van der Waals surface area contributed by atoms with Crippen LogP contribution in [0, 0.1) is 11.3 Å². The molecule has 2 aromatic carbocycles. The van der Waals surface area contributed by atoms with E-state index in [1.807, 2.05) is 43.3 Å². The molecule has 1 unspecified atom stereocenters. The van der Waals surface area contributed by atoms with E-state index in [1.54, 1.807) is 6.92 Å². The van der Waals surface area contributed by atoms with Crippen molar-refractivity contribution in [2.75, 3.05) is 17.6 Å². The molecule has 1 atom stereocenters. The molecular formula is C25H28ClN3O5S. The van der Waals surface area contributed by atoms with Crippen LogP contribution in [0.5, 0.6) is 11.5 Å². The summed E-state index contributed by atoms with van der Waals surface area (Å²) in [4.78, 5) is 3.91. The molecule has 1 aromatic heterocycles. The van der Waals surface area contributed by atoms with Crippen LogP contribution in [0.25, 0.3) is 0 Å². The fourth-order valence-electron chi connectivity index (χ4n) is 3.45. The third kappa shape index (κ3) is 6.47. The van der Waals surface area contributed by atoms with Crippen molar-refractivity contribution in [1.82, 2.24) is 4.98 Å². The number of rotatable bonds is 10. The third-order valence-electron chi connectivity index (χ3n) is 5.42. The molecule has 0 amide bonds. The predicted octanol–water partition coefficient (Wildman–Crippen LogP) is 5.83. The number of nitriles is 1. The zero-order valence-electron chi connectivity index (χ0n) is 20.3. The minimum atomic E-state index is -3.48. The summed E-state index contributed by atoms with van der Waals surface area (Å²) in [5.74, 6) is 1.39. The van der Waals surface area contributed by atoms with Crippen molar-refractivity contribution < 1.29 is 22.3 Å². The van der Waals surface area contributed by atoms with E-state index >= 15 is 0 Å². The lowest BCUT2D eigenvalue weighted by atomic mass is 9.77. The first-order chi connectivity index (χ1) is 16.4. The summed E-state index contributed by atoms with van der Waals surface area (Å²) in [6.45, 7) is 8.35. The molecule has 1 heterocycles. The van der Waals surface area contributed by atoms with E-state index in [0.29, 0.717) is 34.5 Å². The van der Waals surface area contributed by atoms with E-state index in [0.717, 1.165) is 23.8 Å². The van der Waals surface area contributed by atoms with Crippen LogP contribution in [0.4, 0.5) is 6.01 Å². The van der Waals surface area contributed by atoms with E-state index in [4.69, 9.17) is 25.5 Å². The van der Waals surface area contributed by atoms with Crippen LogP contribution in [0.2, 0.25) is 5.02 Å². The molecule has 10 heteroatoms. The minimum absolute atomic E-state index is 0.114. The van der Waals surface area contributed by atoms with Crippen molar-refractivity contribution in [2.45, 2.75) is 45.6 Å². The molecule has 0 aliphatic carbocycles. The molecule has 35 heavy (non-hydrogen) atoms. The van der Waals surface area contributed by atoms with Crippen LogP contribution < -0.4 is 14.2 Å². The van der Waals surface area contributed by atoms with Gasteiger partial charge in [-0.1, -0.05) is 44.5 Å². The number of benzene rings is 2. The molecular weight excluding hydrogens is 490 g/mol. The summed E-state index contributed by atoms with van der Waals surface area (Å²) in [7, 11) is -3.48. The molecule has 0 aliphatic rings. The Morgan fingerprint density at radius 2 is 1.91 bits per heavy atom. The van der Waals surface area contributed by atoms with Gasteiger partial charge in [-0.05, 0) is 48.7 Å². The number of ether oxygens (including phenoxy) is 2. The van der Waals surface area contributed by atoms with E-state index in [9.17, 15) is 13.7 Å². The summed E-state index contributed by atoms with van der Waals surface area (Å²) in [5.41, 5.74) is 1.84. The Bertz CT molecular complexity index is 1330. The van der Waals surface area contributed by atoms with Gasteiger partial charge in [-0.3, -0.25) is 0 Å². The Labute approximate surface area is 210 Å². The Kier molecular flexibility index (Phi) is 7.98. The summed E-state index contributed by atoms with van der Waals surface area (Å²) in [6, 6.07) is 13.3. The smallest absolute Gasteiger partial charge is 0.308 e. The standard InChI is InChI=1S/C25H28ClN3O5S/c1-6-11-32-23-17(14-27)12-19(13-21(23)26)25(3,4)18-7-9-20(10-8-18)33-16(2)22-15-28-24(34-22)29-35(5,30)31/h7-10,12-13,15-16H,6,11H2,1-5H3,(H,28,29). The lowest BCUT2D eigenvalue weighted by Crippen LogP contribution is -2.19. The highest BCUT2D eigenvalue weighted by atomic mass is 35.5. The molecule has 0 spiro atoms. The number of oxazole rings is 1. The average Bonchev–Trinajstić information content (AvgIpc) is 3.25. The van der Waals surface area contributed by atoms with Crippen molar-refractivity contribution in [1.29, 1.82) is 5.26 Å². The highest BCUT2D eigenvalue weighted by Gasteiger charge is 2.26. The van der Waals surface area contributed by atoms with Gasteiger partial charge in [0.05, 0.1) is 29.6 Å². The van der Waals surface area contributed by atoms with Crippen molar-refractivity contribution in [3.8, 4) is 17.6 Å². The van der Waals surface area contributed by atoms with Gasteiger partial charge in [-0.2, -0.15) is 5.26 Å². The van der Waals surface area contributed by atoms with Crippen LogP contribution in [0.1, 0.15) is 62.7 Å². The number of hydrogen-bond donors (Lipinski definition) is 1. The monoisotopic (exact) mass is 517 g/mol. The van der Waals surface area contributed by atoms with Crippen molar-refractivity contribution in [3.05, 3.63) is 70.1 Å². The van der Waals surface area contributed by atoms with Crippen LogP contribution >= 0.6 is 11.6 Å². The summed E-state index contributed by atoms with van der Waals surface area (Å²) in [6.07, 6.45) is 2.75. The largest absolute Gasteiger partial charge is 0.491 e. The van der Waals surface area contributed by atoms with Crippen LogP contribution in [-0.4, -0.2) is 26.3 Å². The van der Waals surface area contributed by atoms with Gasteiger partial charge in [0, 0.05) is 5.41 Å². The Hall–Kier alpha value is -3.22. The fraction of sp³-hybridized carbons (Fsp3) is 0.360. The first-order valence-electron chi connectivity index (χ1n) is 11.0. The quantitative estimate of drug-likeness (QED) is 0.360. The maximum Gasteiger partial charge on any atom is 0.308 e. The second-order valence-corrected chi connectivity index (χ2v) is 10.8. The summed E-state index contributed by atoms with van der Waals surface area (Å²) >= 11 is 6.47. The highest BCUT2D eigenvalue weighted by Crippen LogP contribution is 2.39. The first kappa shape index (κ1) is 26.4. The van der Waals surface area contributed by atoms with E-state index < -0.39 is 21.5 Å². The van der Waals surface area contributed by atoms with E-state index in [1.165, 1.54) is 6.20 Å². The normalized spacial score (nSPS) is 12.6. The number of hydrogen-bond acceptors (Lipinski definition) is 7. The van der Waals surface area contributed by atoms with Gasteiger partial charge < -0.3 is 13.9 Å². The first-order valence-corrected chi connectivity index (χ1v) is 13.3. The molecule has 186 valence electrons. The maximum absolute atomic E-state index is 11.3. The molecule has 8 nitrogen and oxygen atoms in total. The lowest BCUT2D eigenvalue weighted by molar-refractivity contribution is 0.197. The molecule has 0 saturated carbocycles. The molecule has 0 radical (unpaired) electrons. The van der Waals surface area contributed by atoms with Gasteiger partial charge in [-0.15, -0.1) is 0 Å². The van der Waals surface area contributed by atoms with Gasteiger partial charge in [0.2, 0.25) is 10.0 Å². The van der Waals surface area contributed by atoms with E-state index in [-0.39, 0.29) is 6.01 Å². The highest BCUT2D eigenvalue weighted by molar-refractivity contribution is 7.91. The second kappa shape index (κ2) is 10.6. The molecule has 0 aliphatic heterocycles. The van der Waals surface area contributed by atoms with Crippen LogP contribution in [-0.2, 0) is 15.4 Å². The summed E-state index contributed by atoms with van der Waals surface area (Å²) in [5, 5.41) is 10.0. The SMILES string of the molecule is CCCOc1c(Cl)cc(C(C)(C)c2ccc(OC(C)c3cnc(NS(C)(=O)=O)o3)cc2)cc1C#N. The topological polar surface area (TPSA) is 114 Å². The number of anilines is 1. The number of sulfonamides is 1. The minimum Gasteiger partial charge on any atom is -0.491 e. The lowest BCUT2D eigenvalue weighted by Gasteiger charge is -2.27. The number of nitrogens with one attached hydrogen (secondary N) is 1. The van der Waals surface area contributed by atoms with Crippen molar-refractivity contribution >= 4 is 27.6 Å². The second-order valence-electron chi connectivity index (χ2n) is 8.65. The molecule has 0 saturated heterocycles. The fourth-order valence-corrected chi connectivity index (χ4v) is 4.13. The van der Waals surface area contributed by atoms with Gasteiger partial charge in [0.15, 0.2) is 17.6 Å². The maximum atomic E-state index is 11.3. The third-order valence-corrected chi connectivity index (χ3v) is 6.25. The van der Waals surface area contributed by atoms with Crippen molar-refractivity contribution in [2.24, 2.45) is 0 Å². The molecule has 0 fully saturated rings. The zero-order valence-corrected chi connectivity index (χ0v) is 21.8. The molecule has 0 bridgehead atoms. The molecule has 3 rings (SSSR count). The number of aromatic nitrogens is 1. The summed E-state index contributed by atoms with van der Waals surface area (Å²) < 4.78 is 41.9. The molecule has 3 aromatic rings. The van der Waals surface area contributed by atoms with Gasteiger partial charge in [0.25, 0.3) is 0 Å². The van der Waals surface area contributed by atoms with Gasteiger partial charge in [0.1, 0.15) is 11.8 Å². The predicted molar refractivity (Wildman–Crippen MR) is 135 cm³/mol. The zero-order chi connectivity index (χ0) is 25.8. The number of nitrogens with zero attached hydrogens (tertiary/aromatic N) is 2. The van der Waals surface area contributed by atoms with Gasteiger partial charge in [-0.25, -0.2) is 18.1 Å². The van der Waals surface area contributed by atoms with E-state index in [2.05, 4.69) is 29.6 Å². The Balaban J connectivity index is 1.78. The van der Waals surface area contributed by atoms with Crippen LogP contribution in [0.15, 0.2) is 47.0 Å². The van der Waals surface area contributed by atoms with Crippen LogP contribution in [0.3, 0.4) is 0 Å². The average molecular weight is 518 g/mol. The Morgan fingerprint density at radius 3 is 2.51 bits per heavy atom. The number of halogens is 1. The van der Waals surface area contributed by atoms with Gasteiger partial charge >= 0.3 is 6.01 Å².